The van der Waals surface area contributed by atoms with Crippen molar-refractivity contribution in [2.75, 3.05) is 7.11 Å². The highest BCUT2D eigenvalue weighted by molar-refractivity contribution is 6.14. The molecule has 5 heteroatoms. The number of ether oxygens (including phenoxy) is 1. The molecule has 2 bridgehead atoms. The van der Waals surface area contributed by atoms with E-state index in [2.05, 4.69) is 11.6 Å². The molecule has 0 radical (unpaired) electrons. The topological polar surface area (TPSA) is 82.3 Å². The fourth-order valence-electron chi connectivity index (χ4n) is 3.43. The Kier molecular flexibility index (Phi) is 2.67. The number of nitrogens with zero attached hydrogens (tertiary/aromatic N) is 1. The van der Waals surface area contributed by atoms with E-state index in [1.54, 1.807) is 12.1 Å². The highest BCUT2D eigenvalue weighted by Gasteiger charge is 2.55. The number of amides is 1. The fraction of sp³-hybridized carbons (Fsp3) is 0.400. The molecule has 0 saturated heterocycles. The second kappa shape index (κ2) is 4.16. The highest BCUT2D eigenvalue weighted by Crippen LogP contribution is 2.47. The van der Waals surface area contributed by atoms with Gasteiger partial charge in [0.15, 0.2) is 5.78 Å². The third-order valence-electron chi connectivity index (χ3n) is 4.32. The summed E-state index contributed by atoms with van der Waals surface area (Å²) in [7, 11) is 1.54. The van der Waals surface area contributed by atoms with Crippen molar-refractivity contribution < 1.29 is 14.3 Å². The number of primary amides is 1. The first-order valence-corrected chi connectivity index (χ1v) is 6.54. The lowest BCUT2D eigenvalue weighted by atomic mass is 9.58. The zero-order chi connectivity index (χ0) is 14.5. The number of carbonyl (C=O) groups is 2. The Bertz CT molecular complexity index is 638. The molecule has 104 valence electrons. The largest absolute Gasteiger partial charge is 0.481 e. The number of methoxy groups -OCH3 is 1. The number of allylic oxidation sites excluding steroid dienone is 1. The third-order valence-corrected chi connectivity index (χ3v) is 4.32. The first-order chi connectivity index (χ1) is 9.49. The van der Waals surface area contributed by atoms with E-state index >= 15 is 0 Å². The van der Waals surface area contributed by atoms with E-state index in [1.807, 2.05) is 0 Å². The number of hydrogen-bond donors (Lipinski definition) is 1. The van der Waals surface area contributed by atoms with Crippen molar-refractivity contribution in [2.24, 2.45) is 11.7 Å². The summed E-state index contributed by atoms with van der Waals surface area (Å²) in [6, 6.07) is 3.40. The smallest absolute Gasteiger partial charge is 0.236 e. The normalized spacial score (nSPS) is 27.9. The van der Waals surface area contributed by atoms with Gasteiger partial charge in [0.1, 0.15) is 5.41 Å². The molecule has 1 aromatic rings. The van der Waals surface area contributed by atoms with Crippen molar-refractivity contribution in [3.05, 3.63) is 35.5 Å². The summed E-state index contributed by atoms with van der Waals surface area (Å²) < 4.78 is 5.11. The molecule has 1 amide bonds. The van der Waals surface area contributed by atoms with Gasteiger partial charge < -0.3 is 10.5 Å². The second-order valence-electron chi connectivity index (χ2n) is 5.51. The van der Waals surface area contributed by atoms with Crippen LogP contribution >= 0.6 is 0 Å². The average molecular weight is 272 g/mol. The van der Waals surface area contributed by atoms with E-state index in [-0.39, 0.29) is 11.7 Å². The number of rotatable bonds is 2. The molecule has 0 aromatic carbocycles. The maximum absolute atomic E-state index is 12.6. The van der Waals surface area contributed by atoms with Crippen LogP contribution < -0.4 is 10.5 Å². The van der Waals surface area contributed by atoms with Crippen molar-refractivity contribution in [3.63, 3.8) is 0 Å². The number of nitrogens with two attached hydrogens (primary N) is 1. The van der Waals surface area contributed by atoms with Gasteiger partial charge in [0, 0.05) is 24.1 Å². The predicted octanol–water partition coefficient (Wildman–Crippen LogP) is 0.905. The number of fused-ring (bicyclic) bond motifs is 4. The van der Waals surface area contributed by atoms with Crippen molar-refractivity contribution in [1.82, 2.24) is 4.98 Å². The number of hydrogen-bond acceptors (Lipinski definition) is 4. The minimum Gasteiger partial charge on any atom is -0.481 e. The first-order valence-electron chi connectivity index (χ1n) is 6.54. The molecule has 20 heavy (non-hydrogen) atoms. The van der Waals surface area contributed by atoms with Gasteiger partial charge in [-0.05, 0) is 18.4 Å². The van der Waals surface area contributed by atoms with Crippen LogP contribution in [-0.4, -0.2) is 23.8 Å². The Labute approximate surface area is 116 Å². The average Bonchev–Trinajstić information content (AvgIpc) is 2.40. The summed E-state index contributed by atoms with van der Waals surface area (Å²) >= 11 is 0. The molecule has 2 unspecified atom stereocenters. The second-order valence-corrected chi connectivity index (χ2v) is 5.51. The van der Waals surface area contributed by atoms with Crippen LogP contribution in [0.4, 0.5) is 0 Å². The summed E-state index contributed by atoms with van der Waals surface area (Å²) in [5, 5.41) is 0. The van der Waals surface area contributed by atoms with Crippen LogP contribution in [0.3, 0.4) is 0 Å². The van der Waals surface area contributed by atoms with Crippen molar-refractivity contribution in [2.45, 2.75) is 24.7 Å². The molecule has 2 aliphatic rings. The summed E-state index contributed by atoms with van der Waals surface area (Å²) in [4.78, 5) is 29.1. The zero-order valence-electron chi connectivity index (χ0n) is 11.3. The Hall–Kier alpha value is -2.17. The summed E-state index contributed by atoms with van der Waals surface area (Å²) in [6.45, 7) is 3.96. The molecular weight excluding hydrogens is 256 g/mol. The maximum Gasteiger partial charge on any atom is 0.236 e. The monoisotopic (exact) mass is 272 g/mol. The molecule has 1 heterocycles. The predicted molar refractivity (Wildman–Crippen MR) is 72.2 cm³/mol. The molecule has 2 N–H and O–H groups in total. The van der Waals surface area contributed by atoms with E-state index in [4.69, 9.17) is 10.5 Å². The molecule has 1 saturated carbocycles. The van der Waals surface area contributed by atoms with Gasteiger partial charge in [-0.1, -0.05) is 18.2 Å². The van der Waals surface area contributed by atoms with E-state index < -0.39 is 11.3 Å². The number of Topliss-reactive ketones (excluding diaryl/α,β-unsaturated/α-hetero) is 1. The highest BCUT2D eigenvalue weighted by atomic mass is 16.5. The summed E-state index contributed by atoms with van der Waals surface area (Å²) in [5.41, 5.74) is 6.55. The molecule has 0 aliphatic heterocycles. The van der Waals surface area contributed by atoms with Gasteiger partial charge in [0.05, 0.1) is 7.11 Å². The SMILES string of the molecule is C=C1CC2Cc3nc(OC)ccc3C(C(N)=O)(C1)C2=O. The molecule has 0 spiro atoms. The molecule has 2 atom stereocenters. The van der Waals surface area contributed by atoms with Gasteiger partial charge >= 0.3 is 0 Å². The van der Waals surface area contributed by atoms with E-state index in [1.165, 1.54) is 7.11 Å². The lowest BCUT2D eigenvalue weighted by Gasteiger charge is -2.43. The number of carbonyl (C=O) groups excluding carboxylic acids is 2. The Morgan fingerprint density at radius 2 is 2.25 bits per heavy atom. The molecule has 1 aromatic heterocycles. The fourth-order valence-corrected chi connectivity index (χ4v) is 3.43. The Morgan fingerprint density at radius 1 is 1.50 bits per heavy atom. The van der Waals surface area contributed by atoms with Gasteiger partial charge in [-0.2, -0.15) is 0 Å². The minimum absolute atomic E-state index is 0.0862. The van der Waals surface area contributed by atoms with Gasteiger partial charge in [0.2, 0.25) is 11.8 Å². The number of pyridine rings is 1. The van der Waals surface area contributed by atoms with E-state index in [9.17, 15) is 9.59 Å². The quantitative estimate of drug-likeness (QED) is 0.640. The van der Waals surface area contributed by atoms with Gasteiger partial charge in [-0.3, -0.25) is 9.59 Å². The van der Waals surface area contributed by atoms with Crippen LogP contribution in [0.2, 0.25) is 0 Å². The Balaban J connectivity index is 2.25. The van der Waals surface area contributed by atoms with Crippen LogP contribution in [0, 0.1) is 5.92 Å². The van der Waals surface area contributed by atoms with Crippen molar-refractivity contribution in [3.8, 4) is 5.88 Å². The van der Waals surface area contributed by atoms with E-state index in [0.717, 1.165) is 11.3 Å². The molecule has 1 fully saturated rings. The minimum atomic E-state index is -1.28. The van der Waals surface area contributed by atoms with E-state index in [0.29, 0.717) is 30.7 Å². The number of aromatic nitrogens is 1. The zero-order valence-corrected chi connectivity index (χ0v) is 11.3. The van der Waals surface area contributed by atoms with Crippen LogP contribution in [0.1, 0.15) is 24.1 Å². The van der Waals surface area contributed by atoms with Crippen molar-refractivity contribution in [1.29, 1.82) is 0 Å². The molecule has 3 rings (SSSR count). The van der Waals surface area contributed by atoms with Gasteiger partial charge in [-0.25, -0.2) is 4.98 Å². The standard InChI is InChI=1S/C15H16N2O3/c1-8-5-9-6-11-10(3-4-12(17-11)20-2)15(7-8,13(9)18)14(16)19/h3-4,9H,1,5-7H2,2H3,(H2,16,19). The number of ketones is 1. The van der Waals surface area contributed by atoms with Crippen LogP contribution in [0.15, 0.2) is 24.3 Å². The van der Waals surface area contributed by atoms with Gasteiger partial charge in [0.25, 0.3) is 0 Å². The third kappa shape index (κ3) is 1.52. The molecule has 5 nitrogen and oxygen atoms in total. The van der Waals surface area contributed by atoms with Crippen LogP contribution in [0.5, 0.6) is 5.88 Å². The summed E-state index contributed by atoms with van der Waals surface area (Å²) in [5.74, 6) is -0.469. The van der Waals surface area contributed by atoms with Gasteiger partial charge in [-0.15, -0.1) is 0 Å². The van der Waals surface area contributed by atoms with Crippen LogP contribution in [-0.2, 0) is 21.4 Å². The maximum atomic E-state index is 12.6. The lowest BCUT2D eigenvalue weighted by molar-refractivity contribution is -0.139. The van der Waals surface area contributed by atoms with Crippen LogP contribution in [0.25, 0.3) is 0 Å². The Morgan fingerprint density at radius 3 is 2.90 bits per heavy atom. The summed E-state index contributed by atoms with van der Waals surface area (Å²) in [6.07, 6.45) is 1.41. The molecule has 2 aliphatic carbocycles. The first kappa shape index (κ1) is 12.8. The molecular formula is C15H16N2O3. The van der Waals surface area contributed by atoms with Crippen molar-refractivity contribution >= 4 is 11.7 Å². The lowest BCUT2D eigenvalue weighted by Crippen LogP contribution is -2.56.